The maximum Gasteiger partial charge on any atom is 0.289 e. The van der Waals surface area contributed by atoms with Crippen LogP contribution in [0, 0.1) is 5.92 Å². The Balaban J connectivity index is 1.19. The Bertz CT molecular complexity index is 1000. The highest BCUT2D eigenvalue weighted by Gasteiger charge is 2.25. The van der Waals surface area contributed by atoms with Gasteiger partial charge in [0.2, 0.25) is 5.91 Å². The Morgan fingerprint density at radius 3 is 2.55 bits per heavy atom. The molecule has 2 aromatic carbocycles. The van der Waals surface area contributed by atoms with E-state index in [0.717, 1.165) is 35.1 Å². The van der Waals surface area contributed by atoms with E-state index in [9.17, 15) is 9.59 Å². The number of carbonyl (C=O) groups excluding carboxylic acids is 2. The van der Waals surface area contributed by atoms with Crippen molar-refractivity contribution in [2.75, 3.05) is 26.7 Å². The quantitative estimate of drug-likeness (QED) is 0.626. The molecule has 0 spiro atoms. The molecule has 0 unspecified atom stereocenters. The molecule has 0 bridgehead atoms. The topological polar surface area (TPSA) is 71.8 Å². The van der Waals surface area contributed by atoms with E-state index < -0.39 is 0 Å². The molecule has 1 aliphatic rings. The van der Waals surface area contributed by atoms with Crippen molar-refractivity contribution in [1.82, 2.24) is 10.2 Å². The lowest BCUT2D eigenvalue weighted by Gasteiger charge is -2.31. The summed E-state index contributed by atoms with van der Waals surface area (Å²) >= 11 is 0. The lowest BCUT2D eigenvalue weighted by molar-refractivity contribution is -0.121. The number of hydrogen-bond acceptors (Lipinski definition) is 4. The number of aryl methyl sites for hydroxylation is 1. The molecule has 1 saturated heterocycles. The zero-order valence-electron chi connectivity index (χ0n) is 17.8. The molecular formula is C25H28N2O4. The predicted octanol–water partition coefficient (Wildman–Crippen LogP) is 4.04. The van der Waals surface area contributed by atoms with Crippen LogP contribution in [0.3, 0.4) is 0 Å². The second-order valence-electron chi connectivity index (χ2n) is 8.04. The minimum Gasteiger partial charge on any atom is -0.497 e. The molecule has 162 valence electrons. The van der Waals surface area contributed by atoms with Crippen LogP contribution in [0.25, 0.3) is 11.0 Å². The molecule has 0 saturated carbocycles. The number of nitrogens with zero attached hydrogens (tertiary/aromatic N) is 1. The van der Waals surface area contributed by atoms with Crippen LogP contribution in [0.4, 0.5) is 0 Å². The van der Waals surface area contributed by atoms with Crippen LogP contribution in [0.2, 0.25) is 0 Å². The number of likely N-dealkylation sites (tertiary alicyclic amines) is 1. The minimum absolute atomic E-state index is 0.0572. The largest absolute Gasteiger partial charge is 0.497 e. The van der Waals surface area contributed by atoms with Crippen molar-refractivity contribution in [3.05, 3.63) is 65.9 Å². The number of benzene rings is 2. The van der Waals surface area contributed by atoms with Gasteiger partial charge in [-0.05, 0) is 55.0 Å². The summed E-state index contributed by atoms with van der Waals surface area (Å²) in [6.45, 7) is 2.03. The van der Waals surface area contributed by atoms with Gasteiger partial charge in [-0.25, -0.2) is 0 Å². The highest BCUT2D eigenvalue weighted by atomic mass is 16.5. The molecule has 0 aliphatic carbocycles. The smallest absolute Gasteiger partial charge is 0.289 e. The number of hydrogen-bond donors (Lipinski definition) is 1. The van der Waals surface area contributed by atoms with E-state index in [2.05, 4.69) is 5.32 Å². The van der Waals surface area contributed by atoms with Crippen LogP contribution in [0.1, 0.15) is 35.4 Å². The highest BCUT2D eigenvalue weighted by Crippen LogP contribution is 2.23. The molecule has 0 radical (unpaired) electrons. The van der Waals surface area contributed by atoms with Crippen molar-refractivity contribution in [1.29, 1.82) is 0 Å². The molecule has 1 N–H and O–H groups in total. The summed E-state index contributed by atoms with van der Waals surface area (Å²) in [5, 5.41) is 4.00. The summed E-state index contributed by atoms with van der Waals surface area (Å²) in [5.74, 6) is 1.62. The number of amides is 2. The first kappa shape index (κ1) is 21.0. The molecule has 6 heteroatoms. The van der Waals surface area contributed by atoms with Gasteiger partial charge in [0.05, 0.1) is 7.11 Å². The van der Waals surface area contributed by atoms with E-state index in [-0.39, 0.29) is 11.8 Å². The van der Waals surface area contributed by atoms with Crippen LogP contribution in [0.15, 0.2) is 59.0 Å². The third-order valence-corrected chi connectivity index (χ3v) is 5.93. The fraction of sp³-hybridized carbons (Fsp3) is 0.360. The average molecular weight is 421 g/mol. The summed E-state index contributed by atoms with van der Waals surface area (Å²) in [6.07, 6.45) is 2.94. The Morgan fingerprint density at radius 1 is 1.10 bits per heavy atom. The molecule has 31 heavy (non-hydrogen) atoms. The van der Waals surface area contributed by atoms with E-state index in [1.807, 2.05) is 59.5 Å². The number of rotatable bonds is 7. The molecule has 0 atom stereocenters. The second kappa shape index (κ2) is 9.69. The molecular weight excluding hydrogens is 392 g/mol. The van der Waals surface area contributed by atoms with Crippen LogP contribution >= 0.6 is 0 Å². The van der Waals surface area contributed by atoms with Gasteiger partial charge in [0.1, 0.15) is 11.3 Å². The Kier molecular flexibility index (Phi) is 6.55. The molecule has 6 nitrogen and oxygen atoms in total. The Hall–Kier alpha value is -3.28. The number of piperidine rings is 1. The number of ether oxygens (including phenoxy) is 1. The fourth-order valence-electron chi connectivity index (χ4n) is 3.98. The first-order chi connectivity index (χ1) is 15.1. The lowest BCUT2D eigenvalue weighted by Crippen LogP contribution is -2.41. The summed E-state index contributed by atoms with van der Waals surface area (Å²) < 4.78 is 10.9. The van der Waals surface area contributed by atoms with Gasteiger partial charge < -0.3 is 19.4 Å². The molecule has 1 aromatic heterocycles. The summed E-state index contributed by atoms with van der Waals surface area (Å²) in [5.41, 5.74) is 1.85. The van der Waals surface area contributed by atoms with Gasteiger partial charge in [-0.2, -0.15) is 0 Å². The summed E-state index contributed by atoms with van der Waals surface area (Å²) in [6, 6.07) is 17.3. The number of carbonyl (C=O) groups is 2. The Morgan fingerprint density at radius 2 is 1.84 bits per heavy atom. The summed E-state index contributed by atoms with van der Waals surface area (Å²) in [7, 11) is 1.64. The van der Waals surface area contributed by atoms with Crippen LogP contribution in [-0.2, 0) is 11.2 Å². The lowest BCUT2D eigenvalue weighted by atomic mass is 9.96. The van der Waals surface area contributed by atoms with Gasteiger partial charge in [-0.15, -0.1) is 0 Å². The first-order valence-electron chi connectivity index (χ1n) is 10.8. The van der Waals surface area contributed by atoms with Crippen molar-refractivity contribution in [2.24, 2.45) is 5.92 Å². The maximum absolute atomic E-state index is 12.8. The number of fused-ring (bicyclic) bond motifs is 1. The summed E-state index contributed by atoms with van der Waals surface area (Å²) in [4.78, 5) is 26.8. The third-order valence-electron chi connectivity index (χ3n) is 5.93. The number of furan rings is 1. The number of methoxy groups -OCH3 is 1. The highest BCUT2D eigenvalue weighted by molar-refractivity contribution is 5.96. The SMILES string of the molecule is COc1ccc(CCC(=O)NCC2CCN(C(=O)c3cc4ccccc4o3)CC2)cc1. The van der Waals surface area contributed by atoms with Gasteiger partial charge in [0.15, 0.2) is 5.76 Å². The predicted molar refractivity (Wildman–Crippen MR) is 119 cm³/mol. The zero-order chi connectivity index (χ0) is 21.6. The van der Waals surface area contributed by atoms with Gasteiger partial charge >= 0.3 is 0 Å². The average Bonchev–Trinajstić information content (AvgIpc) is 3.26. The van der Waals surface area contributed by atoms with E-state index in [4.69, 9.17) is 9.15 Å². The fourth-order valence-corrected chi connectivity index (χ4v) is 3.98. The molecule has 3 aromatic rings. The maximum atomic E-state index is 12.8. The third kappa shape index (κ3) is 5.26. The van der Waals surface area contributed by atoms with Gasteiger partial charge in [-0.3, -0.25) is 9.59 Å². The van der Waals surface area contributed by atoms with E-state index in [1.54, 1.807) is 7.11 Å². The van der Waals surface area contributed by atoms with Crippen molar-refractivity contribution in [2.45, 2.75) is 25.7 Å². The molecule has 4 rings (SSSR count). The minimum atomic E-state index is -0.0572. The van der Waals surface area contributed by atoms with Crippen molar-refractivity contribution in [3.63, 3.8) is 0 Å². The normalized spacial score (nSPS) is 14.5. The molecule has 1 aliphatic heterocycles. The van der Waals surface area contributed by atoms with Crippen LogP contribution < -0.4 is 10.1 Å². The van der Waals surface area contributed by atoms with Gasteiger partial charge in [-0.1, -0.05) is 30.3 Å². The first-order valence-corrected chi connectivity index (χ1v) is 10.8. The monoisotopic (exact) mass is 420 g/mol. The van der Waals surface area contributed by atoms with Crippen LogP contribution in [-0.4, -0.2) is 43.5 Å². The zero-order valence-corrected chi connectivity index (χ0v) is 17.8. The van der Waals surface area contributed by atoms with E-state index >= 15 is 0 Å². The molecule has 1 fully saturated rings. The van der Waals surface area contributed by atoms with Crippen molar-refractivity contribution >= 4 is 22.8 Å². The number of nitrogens with one attached hydrogen (secondary N) is 1. The molecule has 2 amide bonds. The van der Waals surface area contributed by atoms with Crippen molar-refractivity contribution < 1.29 is 18.7 Å². The van der Waals surface area contributed by atoms with Crippen molar-refractivity contribution in [3.8, 4) is 5.75 Å². The van der Waals surface area contributed by atoms with Gasteiger partial charge in [0.25, 0.3) is 5.91 Å². The van der Waals surface area contributed by atoms with Crippen LogP contribution in [0.5, 0.6) is 5.75 Å². The standard InChI is InChI=1S/C25H28N2O4/c1-30-21-9-6-18(7-10-21)8-11-24(28)26-17-19-12-14-27(15-13-19)25(29)23-16-20-4-2-3-5-22(20)31-23/h2-7,9-10,16,19H,8,11-15,17H2,1H3,(H,26,28). The Labute approximate surface area is 182 Å². The molecule has 2 heterocycles. The van der Waals surface area contributed by atoms with E-state index in [1.165, 1.54) is 0 Å². The number of para-hydroxylation sites is 1. The van der Waals surface area contributed by atoms with Gasteiger partial charge in [0, 0.05) is 31.4 Å². The van der Waals surface area contributed by atoms with E-state index in [0.29, 0.717) is 44.2 Å². The second-order valence-corrected chi connectivity index (χ2v) is 8.04.